The lowest BCUT2D eigenvalue weighted by atomic mass is 9.96. The second kappa shape index (κ2) is 7.96. The number of aromatic nitrogens is 2. The summed E-state index contributed by atoms with van der Waals surface area (Å²) in [5.41, 5.74) is 3.44. The van der Waals surface area contributed by atoms with Gasteiger partial charge in [-0.3, -0.25) is 5.10 Å². The summed E-state index contributed by atoms with van der Waals surface area (Å²) >= 11 is 0. The molecular weight excluding hydrogens is 354 g/mol. The number of nitrogens with zero attached hydrogens (tertiary/aromatic N) is 3. The molecule has 1 fully saturated rings. The van der Waals surface area contributed by atoms with Crippen molar-refractivity contribution in [2.75, 3.05) is 32.9 Å². The molecule has 3 rings (SSSR count). The van der Waals surface area contributed by atoms with Crippen molar-refractivity contribution in [1.29, 1.82) is 0 Å². The van der Waals surface area contributed by atoms with Crippen LogP contribution in [0.3, 0.4) is 0 Å². The van der Waals surface area contributed by atoms with Gasteiger partial charge in [-0.1, -0.05) is 0 Å². The average molecular weight is 384 g/mol. The molecule has 8 nitrogen and oxygen atoms in total. The smallest absolute Gasteiger partial charge is 0.317 e. The number of rotatable bonds is 5. The molecule has 0 aromatic carbocycles. The Balaban J connectivity index is 1.49. The molecule has 2 heterocycles. The Morgan fingerprint density at radius 1 is 1.35 bits per heavy atom. The zero-order chi connectivity index (χ0) is 18.7. The molecule has 1 unspecified atom stereocenters. The van der Waals surface area contributed by atoms with E-state index in [0.29, 0.717) is 26.2 Å². The molecule has 0 spiro atoms. The number of carbonyl (C=O) groups is 1. The topological polar surface area (TPSA) is 98.4 Å². The predicted molar refractivity (Wildman–Crippen MR) is 99.2 cm³/mol. The number of aryl methyl sites for hydroxylation is 1. The first-order valence-electron chi connectivity index (χ1n) is 9.33. The van der Waals surface area contributed by atoms with Crippen molar-refractivity contribution in [2.24, 2.45) is 5.92 Å². The molecule has 1 atom stereocenters. The minimum Gasteiger partial charge on any atom is -0.338 e. The van der Waals surface area contributed by atoms with E-state index in [0.717, 1.165) is 31.4 Å². The summed E-state index contributed by atoms with van der Waals surface area (Å²) in [4.78, 5) is 14.0. The normalized spacial score (nSPS) is 21.2. The van der Waals surface area contributed by atoms with E-state index in [1.54, 1.807) is 11.9 Å². The Bertz CT molecular complexity index is 746. The van der Waals surface area contributed by atoms with Crippen LogP contribution in [-0.2, 0) is 29.4 Å². The third kappa shape index (κ3) is 4.56. The molecule has 26 heavy (non-hydrogen) atoms. The summed E-state index contributed by atoms with van der Waals surface area (Å²) in [5, 5.41) is 10.4. The number of hydrogen-bond acceptors (Lipinski definition) is 4. The Kier molecular flexibility index (Phi) is 5.86. The average Bonchev–Trinajstić information content (AvgIpc) is 3.02. The number of nitrogens with one attached hydrogen (secondary N) is 2. The number of piperidine rings is 1. The lowest BCUT2D eigenvalue weighted by molar-refractivity contribution is 0.199. The molecule has 2 aliphatic rings. The van der Waals surface area contributed by atoms with E-state index in [2.05, 4.69) is 15.5 Å². The number of H-pyrrole nitrogens is 1. The van der Waals surface area contributed by atoms with E-state index >= 15 is 0 Å². The van der Waals surface area contributed by atoms with Gasteiger partial charge in [-0.25, -0.2) is 17.5 Å². The molecule has 0 saturated carbocycles. The third-order valence-corrected chi connectivity index (χ3v) is 6.64. The van der Waals surface area contributed by atoms with Crippen LogP contribution in [0.5, 0.6) is 0 Å². The molecule has 1 aromatic heterocycles. The van der Waals surface area contributed by atoms with E-state index in [-0.39, 0.29) is 11.9 Å². The van der Waals surface area contributed by atoms with Crippen molar-refractivity contribution in [3.63, 3.8) is 0 Å². The number of fused-ring (bicyclic) bond motifs is 1. The third-order valence-electron chi connectivity index (χ3n) is 5.37. The fraction of sp³-hybridized carbons (Fsp3) is 0.765. The van der Waals surface area contributed by atoms with Gasteiger partial charge in [0.2, 0.25) is 10.0 Å². The molecule has 2 N–H and O–H groups in total. The molecule has 0 bridgehead atoms. The molecule has 1 aliphatic carbocycles. The van der Waals surface area contributed by atoms with Gasteiger partial charge in [-0.15, -0.1) is 0 Å². The number of amides is 2. The maximum absolute atomic E-state index is 12.4. The summed E-state index contributed by atoms with van der Waals surface area (Å²) in [7, 11) is -1.39. The highest BCUT2D eigenvalue weighted by Gasteiger charge is 2.26. The van der Waals surface area contributed by atoms with Crippen LogP contribution in [0.1, 0.15) is 42.6 Å². The lowest BCUT2D eigenvalue weighted by Crippen LogP contribution is -2.45. The molecular formula is C17H29N5O3S. The van der Waals surface area contributed by atoms with Crippen molar-refractivity contribution < 1.29 is 13.2 Å². The molecule has 1 aromatic rings. The van der Waals surface area contributed by atoms with Crippen LogP contribution >= 0.6 is 0 Å². The van der Waals surface area contributed by atoms with Gasteiger partial charge in [0.1, 0.15) is 0 Å². The minimum atomic E-state index is -3.16. The van der Waals surface area contributed by atoms with Crippen molar-refractivity contribution in [1.82, 2.24) is 24.7 Å². The molecule has 146 valence electrons. The number of carbonyl (C=O) groups excluding carboxylic acids is 1. The van der Waals surface area contributed by atoms with Crippen LogP contribution in [0.4, 0.5) is 4.79 Å². The number of hydrogen-bond donors (Lipinski definition) is 2. The summed E-state index contributed by atoms with van der Waals surface area (Å²) in [6, 6.07) is -0.144. The Morgan fingerprint density at radius 3 is 2.88 bits per heavy atom. The SMILES string of the molecule is CN(Cc1n[nH]c2c1CCCC2)C(=O)NCC1CCCN(S(C)(=O)=O)C1. The fourth-order valence-electron chi connectivity index (χ4n) is 3.84. The van der Waals surface area contributed by atoms with Gasteiger partial charge >= 0.3 is 6.03 Å². The van der Waals surface area contributed by atoms with Crippen LogP contribution in [0.15, 0.2) is 0 Å². The van der Waals surface area contributed by atoms with Crippen molar-refractivity contribution in [3.8, 4) is 0 Å². The fourth-order valence-corrected chi connectivity index (χ4v) is 4.78. The summed E-state index contributed by atoms with van der Waals surface area (Å²) in [6.07, 6.45) is 7.44. The predicted octanol–water partition coefficient (Wildman–Crippen LogP) is 1.10. The molecule has 0 radical (unpaired) electrons. The van der Waals surface area contributed by atoms with Gasteiger partial charge < -0.3 is 10.2 Å². The first-order valence-corrected chi connectivity index (χ1v) is 11.2. The molecule has 1 aliphatic heterocycles. The second-order valence-corrected chi connectivity index (χ2v) is 9.49. The van der Waals surface area contributed by atoms with Gasteiger partial charge in [0.15, 0.2) is 0 Å². The zero-order valence-corrected chi connectivity index (χ0v) is 16.4. The highest BCUT2D eigenvalue weighted by Crippen LogP contribution is 2.23. The number of urea groups is 1. The van der Waals surface area contributed by atoms with Crippen LogP contribution in [0.25, 0.3) is 0 Å². The summed E-state index contributed by atoms with van der Waals surface area (Å²) < 4.78 is 24.9. The minimum absolute atomic E-state index is 0.144. The van der Waals surface area contributed by atoms with Gasteiger partial charge in [-0.05, 0) is 50.0 Å². The van der Waals surface area contributed by atoms with E-state index < -0.39 is 10.0 Å². The molecule has 1 saturated heterocycles. The van der Waals surface area contributed by atoms with Crippen LogP contribution in [-0.4, -0.2) is 66.8 Å². The number of sulfonamides is 1. The Morgan fingerprint density at radius 2 is 2.12 bits per heavy atom. The first kappa shape index (κ1) is 19.2. The standard InChI is InChI=1S/C17H29N5O3S/c1-21(12-16-14-7-3-4-8-15(14)19-20-16)17(23)18-10-13-6-5-9-22(11-13)26(2,24)25/h13H,3-12H2,1-2H3,(H,18,23)(H,19,20). The highest BCUT2D eigenvalue weighted by atomic mass is 32.2. The zero-order valence-electron chi connectivity index (χ0n) is 15.6. The van der Waals surface area contributed by atoms with Gasteiger partial charge in [-0.2, -0.15) is 5.10 Å². The summed E-state index contributed by atoms with van der Waals surface area (Å²) in [6.45, 7) is 2.04. The maximum Gasteiger partial charge on any atom is 0.317 e. The summed E-state index contributed by atoms with van der Waals surface area (Å²) in [5.74, 6) is 0.161. The van der Waals surface area contributed by atoms with Crippen molar-refractivity contribution in [2.45, 2.75) is 45.1 Å². The van der Waals surface area contributed by atoms with Gasteiger partial charge in [0.25, 0.3) is 0 Å². The van der Waals surface area contributed by atoms with Gasteiger partial charge in [0.05, 0.1) is 18.5 Å². The largest absolute Gasteiger partial charge is 0.338 e. The van der Waals surface area contributed by atoms with Gasteiger partial charge in [0, 0.05) is 32.4 Å². The molecule has 2 amide bonds. The maximum atomic E-state index is 12.4. The monoisotopic (exact) mass is 383 g/mol. The van der Waals surface area contributed by atoms with E-state index in [4.69, 9.17) is 0 Å². The van der Waals surface area contributed by atoms with E-state index in [9.17, 15) is 13.2 Å². The van der Waals surface area contributed by atoms with Crippen molar-refractivity contribution in [3.05, 3.63) is 17.0 Å². The first-order chi connectivity index (χ1) is 12.3. The number of aromatic amines is 1. The van der Waals surface area contributed by atoms with Crippen LogP contribution < -0.4 is 5.32 Å². The Labute approximate surface area is 155 Å². The van der Waals surface area contributed by atoms with E-state index in [1.807, 2.05) is 0 Å². The molecule has 9 heteroatoms. The van der Waals surface area contributed by atoms with Crippen LogP contribution in [0, 0.1) is 5.92 Å². The van der Waals surface area contributed by atoms with Crippen LogP contribution in [0.2, 0.25) is 0 Å². The van der Waals surface area contributed by atoms with Crippen molar-refractivity contribution >= 4 is 16.1 Å². The lowest BCUT2D eigenvalue weighted by Gasteiger charge is -2.31. The Hall–Kier alpha value is -1.61. The highest BCUT2D eigenvalue weighted by molar-refractivity contribution is 7.88. The quantitative estimate of drug-likeness (QED) is 0.795. The van der Waals surface area contributed by atoms with E-state index in [1.165, 1.54) is 34.7 Å². The second-order valence-electron chi connectivity index (χ2n) is 7.51.